The van der Waals surface area contributed by atoms with Crippen molar-refractivity contribution in [3.05, 3.63) is 57.8 Å². The number of carbonyl (C=O) groups excluding carboxylic acids is 1. The van der Waals surface area contributed by atoms with E-state index in [1.165, 1.54) is 25.3 Å². The number of halogens is 3. The van der Waals surface area contributed by atoms with E-state index in [1.807, 2.05) is 0 Å². The zero-order valence-electron chi connectivity index (χ0n) is 9.88. The second kappa shape index (κ2) is 5.44. The van der Waals surface area contributed by atoms with Crippen molar-refractivity contribution >= 4 is 27.5 Å². The summed E-state index contributed by atoms with van der Waals surface area (Å²) in [7, 11) is 0. The highest BCUT2D eigenvalue weighted by Gasteiger charge is 2.15. The standard InChI is InChI=1S/C13H9BrF2N2O/c1-7-2-4-9(15)12(11(7)16)18-13(19)10-5-3-8(14)6-17-10/h2-6H,1H3,(H,18,19). The van der Waals surface area contributed by atoms with Crippen molar-refractivity contribution < 1.29 is 13.6 Å². The molecule has 0 radical (unpaired) electrons. The summed E-state index contributed by atoms with van der Waals surface area (Å²) in [5, 5.41) is 2.19. The number of amides is 1. The lowest BCUT2D eigenvalue weighted by Crippen LogP contribution is -2.16. The smallest absolute Gasteiger partial charge is 0.274 e. The zero-order valence-corrected chi connectivity index (χ0v) is 11.5. The number of rotatable bonds is 2. The summed E-state index contributed by atoms with van der Waals surface area (Å²) in [6.45, 7) is 1.49. The quantitative estimate of drug-likeness (QED) is 0.914. The molecule has 0 saturated heterocycles. The van der Waals surface area contributed by atoms with Crippen LogP contribution in [0.4, 0.5) is 14.5 Å². The van der Waals surface area contributed by atoms with Gasteiger partial charge in [0.1, 0.15) is 17.2 Å². The van der Waals surface area contributed by atoms with Gasteiger partial charge in [0.2, 0.25) is 0 Å². The van der Waals surface area contributed by atoms with Crippen LogP contribution >= 0.6 is 15.9 Å². The first-order valence-electron chi connectivity index (χ1n) is 5.36. The van der Waals surface area contributed by atoms with E-state index in [2.05, 4.69) is 26.2 Å². The predicted molar refractivity (Wildman–Crippen MR) is 71.0 cm³/mol. The molecule has 0 atom stereocenters. The summed E-state index contributed by atoms with van der Waals surface area (Å²) in [5.41, 5.74) is -0.140. The van der Waals surface area contributed by atoms with Crippen LogP contribution in [0.25, 0.3) is 0 Å². The van der Waals surface area contributed by atoms with E-state index >= 15 is 0 Å². The summed E-state index contributed by atoms with van der Waals surface area (Å²) in [4.78, 5) is 15.7. The fraction of sp³-hybridized carbons (Fsp3) is 0.0769. The van der Waals surface area contributed by atoms with Gasteiger partial charge in [0.25, 0.3) is 5.91 Å². The number of nitrogens with one attached hydrogen (secondary N) is 1. The number of anilines is 1. The van der Waals surface area contributed by atoms with Crippen molar-refractivity contribution in [1.82, 2.24) is 4.98 Å². The first kappa shape index (κ1) is 13.6. The molecule has 0 bridgehead atoms. The van der Waals surface area contributed by atoms with E-state index in [1.54, 1.807) is 6.07 Å². The molecule has 19 heavy (non-hydrogen) atoms. The van der Waals surface area contributed by atoms with Crippen LogP contribution in [0.2, 0.25) is 0 Å². The van der Waals surface area contributed by atoms with Gasteiger partial charge in [-0.3, -0.25) is 4.79 Å². The van der Waals surface area contributed by atoms with E-state index in [-0.39, 0.29) is 11.3 Å². The molecular weight excluding hydrogens is 318 g/mol. The largest absolute Gasteiger partial charge is 0.316 e. The third-order valence-corrected chi connectivity index (χ3v) is 2.95. The highest BCUT2D eigenvalue weighted by Crippen LogP contribution is 2.22. The van der Waals surface area contributed by atoms with Crippen LogP contribution < -0.4 is 5.32 Å². The topological polar surface area (TPSA) is 42.0 Å². The lowest BCUT2D eigenvalue weighted by Gasteiger charge is -2.08. The van der Waals surface area contributed by atoms with Gasteiger partial charge in [0.15, 0.2) is 5.82 Å². The van der Waals surface area contributed by atoms with E-state index in [0.717, 1.165) is 6.07 Å². The van der Waals surface area contributed by atoms with Crippen molar-refractivity contribution in [3.63, 3.8) is 0 Å². The van der Waals surface area contributed by atoms with Crippen LogP contribution in [0.15, 0.2) is 34.9 Å². The van der Waals surface area contributed by atoms with Crippen LogP contribution in [0.5, 0.6) is 0 Å². The van der Waals surface area contributed by atoms with Gasteiger partial charge < -0.3 is 5.32 Å². The number of nitrogens with zero attached hydrogens (tertiary/aromatic N) is 1. The Morgan fingerprint density at radius 1 is 1.26 bits per heavy atom. The van der Waals surface area contributed by atoms with E-state index in [0.29, 0.717) is 4.47 Å². The third kappa shape index (κ3) is 2.96. The summed E-state index contributed by atoms with van der Waals surface area (Å²) >= 11 is 3.18. The van der Waals surface area contributed by atoms with Crippen molar-refractivity contribution in [2.24, 2.45) is 0 Å². The van der Waals surface area contributed by atoms with Gasteiger partial charge in [-0.05, 0) is 46.6 Å². The highest BCUT2D eigenvalue weighted by molar-refractivity contribution is 9.10. The van der Waals surface area contributed by atoms with Crippen LogP contribution in [0.1, 0.15) is 16.1 Å². The Hall–Kier alpha value is -1.82. The molecule has 1 heterocycles. The van der Waals surface area contributed by atoms with E-state index in [9.17, 15) is 13.6 Å². The number of pyridine rings is 1. The number of carbonyl (C=O) groups is 1. The molecule has 1 amide bonds. The van der Waals surface area contributed by atoms with Crippen LogP contribution in [-0.2, 0) is 0 Å². The van der Waals surface area contributed by atoms with E-state index < -0.39 is 23.2 Å². The second-order valence-electron chi connectivity index (χ2n) is 3.87. The monoisotopic (exact) mass is 326 g/mol. The van der Waals surface area contributed by atoms with Crippen LogP contribution in [-0.4, -0.2) is 10.9 Å². The van der Waals surface area contributed by atoms with Crippen molar-refractivity contribution in [3.8, 4) is 0 Å². The molecule has 2 rings (SSSR count). The summed E-state index contributed by atoms with van der Waals surface area (Å²) in [5.74, 6) is -2.28. The molecule has 2 aromatic rings. The number of aryl methyl sites for hydroxylation is 1. The van der Waals surface area contributed by atoms with E-state index in [4.69, 9.17) is 0 Å². The minimum absolute atomic E-state index is 0.0727. The molecule has 1 aromatic carbocycles. The summed E-state index contributed by atoms with van der Waals surface area (Å²) in [6, 6.07) is 5.47. The maximum Gasteiger partial charge on any atom is 0.274 e. The minimum Gasteiger partial charge on any atom is -0.316 e. The Labute approximate surface area is 116 Å². The molecule has 0 aliphatic rings. The second-order valence-corrected chi connectivity index (χ2v) is 4.78. The Balaban J connectivity index is 2.29. The fourth-order valence-corrected chi connectivity index (χ4v) is 1.69. The number of hydrogen-bond donors (Lipinski definition) is 1. The molecule has 0 unspecified atom stereocenters. The lowest BCUT2D eigenvalue weighted by molar-refractivity contribution is 0.102. The molecule has 0 spiro atoms. The Morgan fingerprint density at radius 2 is 2.00 bits per heavy atom. The van der Waals surface area contributed by atoms with Gasteiger partial charge in [-0.1, -0.05) is 6.07 Å². The fourth-order valence-electron chi connectivity index (χ4n) is 1.46. The molecule has 98 valence electrons. The first-order chi connectivity index (χ1) is 8.99. The molecule has 3 nitrogen and oxygen atoms in total. The lowest BCUT2D eigenvalue weighted by atomic mass is 10.2. The van der Waals surface area contributed by atoms with Crippen molar-refractivity contribution in [2.75, 3.05) is 5.32 Å². The van der Waals surface area contributed by atoms with Crippen LogP contribution in [0.3, 0.4) is 0 Å². The summed E-state index contributed by atoms with van der Waals surface area (Å²) in [6.07, 6.45) is 1.43. The van der Waals surface area contributed by atoms with Gasteiger partial charge in [0.05, 0.1) is 0 Å². The van der Waals surface area contributed by atoms with Gasteiger partial charge in [-0.2, -0.15) is 0 Å². The number of benzene rings is 1. The zero-order chi connectivity index (χ0) is 14.0. The van der Waals surface area contributed by atoms with Crippen LogP contribution in [0, 0.1) is 18.6 Å². The average molecular weight is 327 g/mol. The SMILES string of the molecule is Cc1ccc(F)c(NC(=O)c2ccc(Br)cn2)c1F. The molecule has 0 aliphatic carbocycles. The van der Waals surface area contributed by atoms with Gasteiger partial charge in [-0.25, -0.2) is 13.8 Å². The van der Waals surface area contributed by atoms with Crippen molar-refractivity contribution in [1.29, 1.82) is 0 Å². The predicted octanol–water partition coefficient (Wildman–Crippen LogP) is 3.68. The average Bonchev–Trinajstić information content (AvgIpc) is 2.40. The number of hydrogen-bond acceptors (Lipinski definition) is 2. The molecule has 1 aromatic heterocycles. The maximum absolute atomic E-state index is 13.7. The Bertz CT molecular complexity index is 629. The molecule has 1 N–H and O–H groups in total. The van der Waals surface area contributed by atoms with Crippen molar-refractivity contribution in [2.45, 2.75) is 6.92 Å². The van der Waals surface area contributed by atoms with Gasteiger partial charge >= 0.3 is 0 Å². The molecule has 6 heteroatoms. The first-order valence-corrected chi connectivity index (χ1v) is 6.16. The summed E-state index contributed by atoms with van der Waals surface area (Å²) < 4.78 is 27.9. The Kier molecular flexibility index (Phi) is 3.90. The normalized spacial score (nSPS) is 10.3. The third-order valence-electron chi connectivity index (χ3n) is 2.48. The highest BCUT2D eigenvalue weighted by atomic mass is 79.9. The Morgan fingerprint density at radius 3 is 2.63 bits per heavy atom. The molecular formula is C13H9BrF2N2O. The molecule has 0 aliphatic heterocycles. The number of aromatic nitrogens is 1. The van der Waals surface area contributed by atoms with Gasteiger partial charge in [0, 0.05) is 10.7 Å². The van der Waals surface area contributed by atoms with Gasteiger partial charge in [-0.15, -0.1) is 0 Å². The molecule has 0 fully saturated rings. The molecule has 0 saturated carbocycles. The minimum atomic E-state index is -0.825. The maximum atomic E-state index is 13.7.